The quantitative estimate of drug-likeness (QED) is 0.675. The molecule has 1 aromatic rings. The average Bonchev–Trinajstić information content (AvgIpc) is 3.17. The Kier molecular flexibility index (Phi) is 6.31. The van der Waals surface area contributed by atoms with Crippen LogP contribution in [0.5, 0.6) is 0 Å². The molecule has 0 radical (unpaired) electrons. The molecule has 154 valence electrons. The summed E-state index contributed by atoms with van der Waals surface area (Å²) in [7, 11) is -1.57. The van der Waals surface area contributed by atoms with Gasteiger partial charge in [0.2, 0.25) is 5.91 Å². The lowest BCUT2D eigenvalue weighted by Gasteiger charge is -2.21. The van der Waals surface area contributed by atoms with Crippen LogP contribution in [0.2, 0.25) is 0 Å². The zero-order chi connectivity index (χ0) is 20.5. The number of hydrazine groups is 1. The van der Waals surface area contributed by atoms with E-state index in [-0.39, 0.29) is 29.6 Å². The van der Waals surface area contributed by atoms with E-state index in [2.05, 4.69) is 10.1 Å². The number of rotatable bonds is 6. The molecule has 2 aliphatic rings. The summed E-state index contributed by atoms with van der Waals surface area (Å²) >= 11 is 1.25. The first-order valence-electron chi connectivity index (χ1n) is 8.89. The fourth-order valence-electron chi connectivity index (χ4n) is 3.51. The van der Waals surface area contributed by atoms with Gasteiger partial charge in [-0.2, -0.15) is 4.83 Å². The van der Waals surface area contributed by atoms with Crippen molar-refractivity contribution in [2.75, 3.05) is 13.3 Å². The summed E-state index contributed by atoms with van der Waals surface area (Å²) in [6.07, 6.45) is 0.325. The molecule has 2 N–H and O–H groups in total. The second kappa shape index (κ2) is 8.38. The second-order valence-electron chi connectivity index (χ2n) is 7.29. The number of nitrogens with one attached hydrogen (secondary N) is 2. The number of nitrogens with zero attached hydrogens (tertiary/aromatic N) is 1. The predicted molar refractivity (Wildman–Crippen MR) is 104 cm³/mol. The van der Waals surface area contributed by atoms with E-state index < -0.39 is 28.1 Å². The SMILES string of the molecule is CN1C=C(NC(=O)C(CC2C[C@@H](F)[C@@H](F)C2)c2ccc(S(C)(=O)=O)cc2)SN1. The van der Waals surface area contributed by atoms with Crippen molar-refractivity contribution >= 4 is 27.7 Å². The Balaban J connectivity index is 1.81. The molecule has 6 nitrogen and oxygen atoms in total. The molecule has 1 saturated carbocycles. The van der Waals surface area contributed by atoms with Crippen molar-refractivity contribution in [3.63, 3.8) is 0 Å². The Morgan fingerprint density at radius 2 is 1.89 bits per heavy atom. The van der Waals surface area contributed by atoms with Gasteiger partial charge in [-0.25, -0.2) is 17.2 Å². The normalized spacial score (nSPS) is 26.2. The highest BCUT2D eigenvalue weighted by Gasteiger charge is 2.37. The molecule has 1 aliphatic carbocycles. The maximum absolute atomic E-state index is 13.6. The average molecular weight is 432 g/mol. The highest BCUT2D eigenvalue weighted by atomic mass is 32.2. The van der Waals surface area contributed by atoms with E-state index in [1.807, 2.05) is 0 Å². The first-order valence-corrected chi connectivity index (χ1v) is 11.6. The van der Waals surface area contributed by atoms with Gasteiger partial charge in [-0.3, -0.25) is 4.79 Å². The van der Waals surface area contributed by atoms with E-state index in [1.165, 1.54) is 24.1 Å². The van der Waals surface area contributed by atoms with E-state index in [0.29, 0.717) is 17.0 Å². The fraction of sp³-hybridized carbons (Fsp3) is 0.500. The molecule has 28 heavy (non-hydrogen) atoms. The van der Waals surface area contributed by atoms with Gasteiger partial charge < -0.3 is 10.3 Å². The summed E-state index contributed by atoms with van der Waals surface area (Å²) in [6.45, 7) is 0. The molecule has 0 aromatic heterocycles. The van der Waals surface area contributed by atoms with Crippen LogP contribution in [0.1, 0.15) is 30.7 Å². The van der Waals surface area contributed by atoms with E-state index in [1.54, 1.807) is 30.4 Å². The number of carbonyl (C=O) groups excluding carboxylic acids is 1. The van der Waals surface area contributed by atoms with Gasteiger partial charge in [-0.15, -0.1) is 0 Å². The topological polar surface area (TPSA) is 78.5 Å². The Bertz CT molecular complexity index is 851. The van der Waals surface area contributed by atoms with Crippen LogP contribution >= 0.6 is 11.9 Å². The zero-order valence-electron chi connectivity index (χ0n) is 15.6. The van der Waals surface area contributed by atoms with E-state index in [4.69, 9.17) is 0 Å². The molecule has 2 unspecified atom stereocenters. The van der Waals surface area contributed by atoms with Gasteiger partial charge in [0.15, 0.2) is 9.84 Å². The van der Waals surface area contributed by atoms with Crippen LogP contribution in [0.4, 0.5) is 8.78 Å². The largest absolute Gasteiger partial charge is 0.318 e. The smallest absolute Gasteiger partial charge is 0.232 e. The molecule has 0 bridgehead atoms. The van der Waals surface area contributed by atoms with E-state index in [9.17, 15) is 22.0 Å². The second-order valence-corrected chi connectivity index (χ2v) is 10.1. The molecule has 3 rings (SSSR count). The van der Waals surface area contributed by atoms with E-state index >= 15 is 0 Å². The third kappa shape index (κ3) is 5.03. The first kappa shape index (κ1) is 21.1. The van der Waals surface area contributed by atoms with Gasteiger partial charge in [0.25, 0.3) is 0 Å². The predicted octanol–water partition coefficient (Wildman–Crippen LogP) is 2.66. The summed E-state index contributed by atoms with van der Waals surface area (Å²) in [5, 5.41) is 5.13. The maximum atomic E-state index is 13.6. The van der Waals surface area contributed by atoms with Crippen molar-refractivity contribution in [1.29, 1.82) is 0 Å². The van der Waals surface area contributed by atoms with Crippen LogP contribution in [-0.4, -0.2) is 45.0 Å². The number of halogens is 2. The van der Waals surface area contributed by atoms with Crippen molar-refractivity contribution in [3.8, 4) is 0 Å². The summed E-state index contributed by atoms with van der Waals surface area (Å²) in [6, 6.07) is 6.09. The van der Waals surface area contributed by atoms with Crippen LogP contribution in [0.15, 0.2) is 40.4 Å². The lowest BCUT2D eigenvalue weighted by Crippen LogP contribution is -2.29. The minimum atomic E-state index is -3.35. The lowest BCUT2D eigenvalue weighted by atomic mass is 9.87. The molecular weight excluding hydrogens is 408 g/mol. The molecule has 0 saturated heterocycles. The number of benzene rings is 1. The molecular formula is C18H23F2N3O3S2. The number of carbonyl (C=O) groups is 1. The summed E-state index contributed by atoms with van der Waals surface area (Å²) in [4.78, 5) is 16.0. The number of hydrogen-bond donors (Lipinski definition) is 2. The number of amides is 1. The van der Waals surface area contributed by atoms with Crippen LogP contribution in [0.3, 0.4) is 0 Å². The van der Waals surface area contributed by atoms with Gasteiger partial charge >= 0.3 is 0 Å². The Labute approximate surface area is 167 Å². The number of sulfone groups is 1. The lowest BCUT2D eigenvalue weighted by molar-refractivity contribution is -0.122. The minimum Gasteiger partial charge on any atom is -0.318 e. The van der Waals surface area contributed by atoms with Crippen LogP contribution in [0.25, 0.3) is 0 Å². The molecule has 4 atom stereocenters. The zero-order valence-corrected chi connectivity index (χ0v) is 17.2. The fourth-order valence-corrected chi connectivity index (χ4v) is 4.80. The molecule has 1 fully saturated rings. The Morgan fingerprint density at radius 1 is 1.29 bits per heavy atom. The monoisotopic (exact) mass is 431 g/mol. The third-order valence-electron chi connectivity index (χ3n) is 4.96. The van der Waals surface area contributed by atoms with Crippen molar-refractivity contribution in [1.82, 2.24) is 15.2 Å². The molecule has 10 heteroatoms. The first-order chi connectivity index (χ1) is 13.1. The summed E-state index contributed by atoms with van der Waals surface area (Å²) in [5.74, 6) is -1.18. The molecule has 1 aliphatic heterocycles. The van der Waals surface area contributed by atoms with Gasteiger partial charge in [-0.1, -0.05) is 12.1 Å². The minimum absolute atomic E-state index is 0.0914. The summed E-state index contributed by atoms with van der Waals surface area (Å²) in [5.41, 5.74) is 0.618. The summed E-state index contributed by atoms with van der Waals surface area (Å²) < 4.78 is 50.6. The van der Waals surface area contributed by atoms with Crippen LogP contribution in [-0.2, 0) is 14.6 Å². The molecule has 1 heterocycles. The Hall–Kier alpha value is -1.65. The molecule has 0 spiro atoms. The van der Waals surface area contributed by atoms with Crippen LogP contribution in [0, 0.1) is 5.92 Å². The number of hydrogen-bond acceptors (Lipinski definition) is 6. The van der Waals surface area contributed by atoms with Crippen molar-refractivity contribution in [3.05, 3.63) is 41.1 Å². The van der Waals surface area contributed by atoms with Crippen LogP contribution < -0.4 is 10.1 Å². The van der Waals surface area contributed by atoms with Gasteiger partial charge in [0, 0.05) is 19.5 Å². The highest BCUT2D eigenvalue weighted by molar-refractivity contribution is 8.01. The van der Waals surface area contributed by atoms with Gasteiger partial charge in [0.05, 0.1) is 10.8 Å². The van der Waals surface area contributed by atoms with Crippen molar-refractivity contribution in [2.24, 2.45) is 5.92 Å². The molecule has 1 amide bonds. The number of alkyl halides is 2. The third-order valence-corrected chi connectivity index (χ3v) is 6.90. The van der Waals surface area contributed by atoms with Crippen molar-refractivity contribution in [2.45, 2.75) is 42.4 Å². The van der Waals surface area contributed by atoms with E-state index in [0.717, 1.165) is 6.26 Å². The Morgan fingerprint density at radius 3 is 2.39 bits per heavy atom. The van der Waals surface area contributed by atoms with Crippen molar-refractivity contribution < 1.29 is 22.0 Å². The van der Waals surface area contributed by atoms with Gasteiger partial charge in [-0.05, 0) is 54.8 Å². The molecule has 1 aromatic carbocycles. The standard InChI is InChI=1S/C18H23F2N3O3S2/c1-23-10-17(27-22-23)21-18(24)14(7-11-8-15(19)16(20)9-11)12-3-5-13(6-4-12)28(2,25)26/h3-6,10-11,14-16,22H,7-9H2,1-2H3,(H,21,24)/t11?,14?,15-,16+. The van der Waals surface area contributed by atoms with Gasteiger partial charge in [0.1, 0.15) is 17.4 Å². The highest BCUT2D eigenvalue weighted by Crippen LogP contribution is 2.38. The maximum Gasteiger partial charge on any atom is 0.232 e.